The van der Waals surface area contributed by atoms with Crippen molar-refractivity contribution in [2.45, 2.75) is 38.8 Å². The molecule has 1 saturated carbocycles. The Morgan fingerprint density at radius 3 is 2.38 bits per heavy atom. The summed E-state index contributed by atoms with van der Waals surface area (Å²) in [5.41, 5.74) is 2.43. The van der Waals surface area contributed by atoms with E-state index in [0.29, 0.717) is 28.7 Å². The van der Waals surface area contributed by atoms with Crippen LogP contribution in [0.4, 0.5) is 0 Å². The highest BCUT2D eigenvalue weighted by Crippen LogP contribution is 2.35. The first kappa shape index (κ1) is 18.5. The van der Waals surface area contributed by atoms with Crippen molar-refractivity contribution >= 4 is 23.2 Å². The molecule has 1 aliphatic heterocycles. The Balaban J connectivity index is 2.06. The molecule has 1 fully saturated rings. The van der Waals surface area contributed by atoms with Gasteiger partial charge in [-0.3, -0.25) is 4.79 Å². The number of carbonyl (C=O) groups excluding carboxylic acids is 1. The topological polar surface area (TPSA) is 62.8 Å². The molecular formula is C19H25N3O3S. The van der Waals surface area contributed by atoms with Crippen molar-refractivity contribution in [2.24, 2.45) is 0 Å². The fourth-order valence-electron chi connectivity index (χ4n) is 3.19. The van der Waals surface area contributed by atoms with Crippen molar-refractivity contribution in [2.75, 3.05) is 20.8 Å². The molecule has 140 valence electrons. The van der Waals surface area contributed by atoms with Crippen LogP contribution < -0.4 is 20.1 Å². The maximum Gasteiger partial charge on any atom is 0.251 e. The third-order valence-corrected chi connectivity index (χ3v) is 5.12. The van der Waals surface area contributed by atoms with Gasteiger partial charge < -0.3 is 25.0 Å². The summed E-state index contributed by atoms with van der Waals surface area (Å²) in [6.45, 7) is 4.66. The molecule has 2 N–H and O–H groups in total. The minimum absolute atomic E-state index is 0.0507. The Labute approximate surface area is 159 Å². The lowest BCUT2D eigenvalue weighted by atomic mass is 9.93. The number of nitrogens with one attached hydrogen (secondary N) is 2. The summed E-state index contributed by atoms with van der Waals surface area (Å²) in [7, 11) is 3.22. The number of carbonyl (C=O) groups is 1. The first-order valence-corrected chi connectivity index (χ1v) is 9.22. The number of hydrogen-bond donors (Lipinski definition) is 2. The average molecular weight is 375 g/mol. The van der Waals surface area contributed by atoms with Gasteiger partial charge in [-0.1, -0.05) is 0 Å². The highest BCUT2D eigenvalue weighted by Gasteiger charge is 2.35. The van der Waals surface area contributed by atoms with Gasteiger partial charge in [-0.2, -0.15) is 0 Å². The molecule has 1 amide bonds. The fraction of sp³-hybridized carbons (Fsp3) is 0.474. The van der Waals surface area contributed by atoms with Crippen molar-refractivity contribution in [3.05, 3.63) is 35.0 Å². The number of methoxy groups -OCH3 is 2. The summed E-state index contributed by atoms with van der Waals surface area (Å²) in [5.74, 6) is 1.29. The smallest absolute Gasteiger partial charge is 0.251 e. The first-order chi connectivity index (χ1) is 12.5. The molecule has 1 aromatic carbocycles. The standard InChI is InChI=1S/C19H25N3O3S/c1-5-22-11(2)16(18(23)20-13-6-7-13)17(21-19(22)26)12-8-14(24-3)10-15(9-12)25-4/h8-10,13,17H,5-7H2,1-4H3,(H,20,23)(H,21,26)/t17-/m1/s1. The molecule has 1 atom stereocenters. The van der Waals surface area contributed by atoms with E-state index in [1.807, 2.05) is 36.9 Å². The highest BCUT2D eigenvalue weighted by molar-refractivity contribution is 7.80. The molecular weight excluding hydrogens is 350 g/mol. The normalized spacial score (nSPS) is 19.9. The van der Waals surface area contributed by atoms with Crippen molar-refractivity contribution < 1.29 is 14.3 Å². The maximum atomic E-state index is 13.0. The van der Waals surface area contributed by atoms with Crippen LogP contribution in [0.2, 0.25) is 0 Å². The van der Waals surface area contributed by atoms with Gasteiger partial charge >= 0.3 is 0 Å². The van der Waals surface area contributed by atoms with Crippen molar-refractivity contribution in [1.82, 2.24) is 15.5 Å². The average Bonchev–Trinajstić information content (AvgIpc) is 3.44. The molecule has 1 heterocycles. The third-order valence-electron chi connectivity index (χ3n) is 4.78. The molecule has 3 rings (SSSR count). The maximum absolute atomic E-state index is 13.0. The molecule has 1 aromatic rings. The van der Waals surface area contributed by atoms with Crippen LogP contribution in [0.25, 0.3) is 0 Å². The van der Waals surface area contributed by atoms with E-state index in [0.717, 1.165) is 24.1 Å². The van der Waals surface area contributed by atoms with E-state index in [4.69, 9.17) is 21.7 Å². The molecule has 6 nitrogen and oxygen atoms in total. The quantitative estimate of drug-likeness (QED) is 0.745. The Hall–Kier alpha value is -2.28. The van der Waals surface area contributed by atoms with E-state index in [1.165, 1.54) is 0 Å². The Bertz CT molecular complexity index is 736. The van der Waals surface area contributed by atoms with Crippen LogP contribution in [0.15, 0.2) is 29.5 Å². The zero-order chi connectivity index (χ0) is 18.8. The second-order valence-electron chi connectivity index (χ2n) is 6.52. The van der Waals surface area contributed by atoms with Gasteiger partial charge in [0.15, 0.2) is 5.11 Å². The third kappa shape index (κ3) is 3.62. The zero-order valence-electron chi connectivity index (χ0n) is 15.6. The zero-order valence-corrected chi connectivity index (χ0v) is 16.4. The lowest BCUT2D eigenvalue weighted by molar-refractivity contribution is -0.118. The predicted octanol–water partition coefficient (Wildman–Crippen LogP) is 2.51. The van der Waals surface area contributed by atoms with E-state index in [9.17, 15) is 4.79 Å². The molecule has 0 unspecified atom stereocenters. The van der Waals surface area contributed by atoms with Crippen LogP contribution in [-0.2, 0) is 4.79 Å². The number of nitrogens with zero attached hydrogens (tertiary/aromatic N) is 1. The highest BCUT2D eigenvalue weighted by atomic mass is 32.1. The van der Waals surface area contributed by atoms with E-state index < -0.39 is 0 Å². The lowest BCUT2D eigenvalue weighted by Gasteiger charge is -2.37. The van der Waals surface area contributed by atoms with Gasteiger partial charge in [0, 0.05) is 24.4 Å². The number of thiocarbonyl (C=S) groups is 1. The minimum Gasteiger partial charge on any atom is -0.497 e. The molecule has 0 spiro atoms. The molecule has 0 aromatic heterocycles. The monoisotopic (exact) mass is 375 g/mol. The molecule has 26 heavy (non-hydrogen) atoms. The van der Waals surface area contributed by atoms with Crippen molar-refractivity contribution in [1.29, 1.82) is 0 Å². The molecule has 0 radical (unpaired) electrons. The summed E-state index contributed by atoms with van der Waals surface area (Å²) < 4.78 is 10.8. The summed E-state index contributed by atoms with van der Waals surface area (Å²) in [5, 5.41) is 7.03. The van der Waals surface area contributed by atoms with E-state index in [1.54, 1.807) is 14.2 Å². The van der Waals surface area contributed by atoms with Crippen LogP contribution in [0.5, 0.6) is 11.5 Å². The largest absolute Gasteiger partial charge is 0.497 e. The number of hydrogen-bond acceptors (Lipinski definition) is 4. The van der Waals surface area contributed by atoms with Gasteiger partial charge in [-0.25, -0.2) is 0 Å². The predicted molar refractivity (Wildman–Crippen MR) is 104 cm³/mol. The molecule has 0 bridgehead atoms. The second kappa shape index (κ2) is 7.53. The Kier molecular flexibility index (Phi) is 5.36. The minimum atomic E-state index is -0.354. The summed E-state index contributed by atoms with van der Waals surface area (Å²) in [6.07, 6.45) is 2.08. The van der Waals surface area contributed by atoms with E-state index >= 15 is 0 Å². The van der Waals surface area contributed by atoms with E-state index in [-0.39, 0.29) is 18.0 Å². The summed E-state index contributed by atoms with van der Waals surface area (Å²) in [4.78, 5) is 14.9. The van der Waals surface area contributed by atoms with Crippen LogP contribution >= 0.6 is 12.2 Å². The van der Waals surface area contributed by atoms with Gasteiger partial charge in [0.2, 0.25) is 0 Å². The Morgan fingerprint density at radius 1 is 1.27 bits per heavy atom. The first-order valence-electron chi connectivity index (χ1n) is 8.81. The molecule has 0 saturated heterocycles. The summed E-state index contributed by atoms with van der Waals surface area (Å²) >= 11 is 5.53. The van der Waals surface area contributed by atoms with Crippen LogP contribution in [0, 0.1) is 0 Å². The number of amides is 1. The number of rotatable bonds is 6. The molecule has 1 aliphatic carbocycles. The summed E-state index contributed by atoms with van der Waals surface area (Å²) in [6, 6.07) is 5.55. The van der Waals surface area contributed by atoms with Crippen molar-refractivity contribution in [3.8, 4) is 11.5 Å². The van der Waals surface area contributed by atoms with Gasteiger partial charge in [0.1, 0.15) is 11.5 Å². The van der Waals surface area contributed by atoms with Gasteiger partial charge in [0.25, 0.3) is 5.91 Å². The molecule has 7 heteroatoms. The Morgan fingerprint density at radius 2 is 1.88 bits per heavy atom. The van der Waals surface area contributed by atoms with E-state index in [2.05, 4.69) is 10.6 Å². The number of ether oxygens (including phenoxy) is 2. The van der Waals surface area contributed by atoms with Gasteiger partial charge in [0.05, 0.1) is 25.8 Å². The SMILES string of the molecule is CCN1C(=S)N[C@H](c2cc(OC)cc(OC)c2)C(C(=O)NC2CC2)=C1C. The van der Waals surface area contributed by atoms with Crippen LogP contribution in [-0.4, -0.2) is 42.7 Å². The fourth-order valence-corrected chi connectivity index (χ4v) is 3.58. The second-order valence-corrected chi connectivity index (χ2v) is 6.91. The van der Waals surface area contributed by atoms with Gasteiger partial charge in [-0.15, -0.1) is 0 Å². The molecule has 2 aliphatic rings. The van der Waals surface area contributed by atoms with Crippen LogP contribution in [0.3, 0.4) is 0 Å². The lowest BCUT2D eigenvalue weighted by Crippen LogP contribution is -2.49. The van der Waals surface area contributed by atoms with Crippen molar-refractivity contribution in [3.63, 3.8) is 0 Å². The van der Waals surface area contributed by atoms with Crippen LogP contribution in [0.1, 0.15) is 38.3 Å². The number of allylic oxidation sites excluding steroid dienone is 1. The number of benzene rings is 1. The van der Waals surface area contributed by atoms with Gasteiger partial charge in [-0.05, 0) is 56.6 Å².